The average molecular weight is 1710 g/mol. The number of hydrogen-bond acceptors (Lipinski definition) is 8. The zero-order valence-corrected chi connectivity index (χ0v) is 82.0. The van der Waals surface area contributed by atoms with Gasteiger partial charge in [-0.1, -0.05) is 248 Å². The Morgan fingerprint density at radius 3 is 0.880 bits per heavy atom. The van der Waals surface area contributed by atoms with Crippen molar-refractivity contribution in [1.82, 2.24) is 31.9 Å². The van der Waals surface area contributed by atoms with Crippen molar-refractivity contribution < 1.29 is 38.4 Å². The number of nitrogens with one attached hydrogen (secondary N) is 6. The van der Waals surface area contributed by atoms with E-state index in [0.29, 0.717) is 84.2 Å². The summed E-state index contributed by atoms with van der Waals surface area (Å²) in [6, 6.07) is 0. The molecule has 0 bridgehead atoms. The van der Waals surface area contributed by atoms with Crippen molar-refractivity contribution in [2.24, 2.45) is 33.5 Å². The lowest BCUT2D eigenvalue weighted by atomic mass is 9.72. The predicted octanol–water partition coefficient (Wildman–Crippen LogP) is 25.8. The van der Waals surface area contributed by atoms with Crippen LogP contribution in [0.4, 0.5) is 0 Å². The van der Waals surface area contributed by atoms with E-state index in [1.165, 1.54) is 116 Å². The maximum absolute atomic E-state index is 13.4. The molecular formula is C111H168N6O8. The van der Waals surface area contributed by atoms with E-state index in [-0.39, 0.29) is 81.5 Å². The molecule has 0 radical (unpaired) electrons. The van der Waals surface area contributed by atoms with Crippen LogP contribution in [-0.2, 0) is 38.4 Å². The van der Waals surface area contributed by atoms with Crippen LogP contribution in [0.3, 0.4) is 0 Å². The molecule has 0 fully saturated rings. The van der Waals surface area contributed by atoms with E-state index in [1.54, 1.807) is 24.3 Å². The first-order chi connectivity index (χ1) is 59.1. The molecule has 4 aliphatic carbocycles. The molecule has 0 aromatic rings. The highest BCUT2D eigenvalue weighted by atomic mass is 16.2. The van der Waals surface area contributed by atoms with Gasteiger partial charge in [0.05, 0.1) is 0 Å². The topological polar surface area (TPSA) is 209 Å². The van der Waals surface area contributed by atoms with Crippen molar-refractivity contribution in [1.29, 1.82) is 0 Å². The van der Waals surface area contributed by atoms with Crippen molar-refractivity contribution in [2.45, 2.75) is 339 Å². The second kappa shape index (κ2) is 59.8. The lowest BCUT2D eigenvalue weighted by Crippen LogP contribution is -2.33. The molecule has 0 spiro atoms. The Hall–Kier alpha value is -9.04. The van der Waals surface area contributed by atoms with Crippen molar-refractivity contribution in [3.63, 3.8) is 0 Å². The van der Waals surface area contributed by atoms with Crippen LogP contribution in [0.5, 0.6) is 0 Å². The zero-order chi connectivity index (χ0) is 93.0. The highest BCUT2D eigenvalue weighted by molar-refractivity contribution is 5.95. The van der Waals surface area contributed by atoms with Gasteiger partial charge in [0.25, 0.3) is 0 Å². The summed E-state index contributed by atoms with van der Waals surface area (Å²) in [6.45, 7) is 50.5. The lowest BCUT2D eigenvalue weighted by molar-refractivity contribution is -0.128. The smallest absolute Gasteiger partial charge is 0.244 e. The molecule has 0 aliphatic heterocycles. The molecule has 4 aliphatic rings. The van der Waals surface area contributed by atoms with E-state index in [0.717, 1.165) is 109 Å². The van der Waals surface area contributed by atoms with Gasteiger partial charge in [0.15, 0.2) is 11.6 Å². The van der Waals surface area contributed by atoms with Crippen molar-refractivity contribution in [3.05, 3.63) is 235 Å². The Kier molecular flexibility index (Phi) is 52.7. The Morgan fingerprint density at radius 1 is 0.320 bits per heavy atom. The molecule has 0 saturated heterocycles. The van der Waals surface area contributed by atoms with E-state index in [4.69, 9.17) is 0 Å². The summed E-state index contributed by atoms with van der Waals surface area (Å²) in [5.41, 5.74) is 20.4. The van der Waals surface area contributed by atoms with Crippen LogP contribution in [-0.4, -0.2) is 86.3 Å². The van der Waals surface area contributed by atoms with E-state index in [9.17, 15) is 38.4 Å². The number of carbonyl (C=O) groups excluding carboxylic acids is 8. The summed E-state index contributed by atoms with van der Waals surface area (Å²) in [6.07, 6.45) is 74.3. The molecule has 2 unspecified atom stereocenters. The minimum atomic E-state index is -0.461. The van der Waals surface area contributed by atoms with Gasteiger partial charge in [-0.25, -0.2) is 0 Å². The minimum Gasteiger partial charge on any atom is -0.356 e. The van der Waals surface area contributed by atoms with Crippen LogP contribution in [0.1, 0.15) is 339 Å². The molecule has 4 rings (SSSR count). The summed E-state index contributed by atoms with van der Waals surface area (Å²) in [7, 11) is 0. The van der Waals surface area contributed by atoms with Crippen molar-refractivity contribution in [3.8, 4) is 0 Å². The first-order valence-corrected chi connectivity index (χ1v) is 47.5. The van der Waals surface area contributed by atoms with Gasteiger partial charge in [0.1, 0.15) is 0 Å². The number of ketones is 2. The van der Waals surface area contributed by atoms with E-state index >= 15 is 0 Å². The van der Waals surface area contributed by atoms with Gasteiger partial charge in [-0.3, -0.25) is 38.4 Å². The van der Waals surface area contributed by atoms with Gasteiger partial charge in [-0.05, 0) is 309 Å². The fourth-order valence-corrected chi connectivity index (χ4v) is 16.9. The molecule has 14 heteroatoms. The van der Waals surface area contributed by atoms with Crippen LogP contribution in [0.2, 0.25) is 0 Å². The van der Waals surface area contributed by atoms with Crippen LogP contribution < -0.4 is 31.9 Å². The number of allylic oxidation sites excluding steroid dienone is 38. The molecule has 0 saturated carbocycles. The summed E-state index contributed by atoms with van der Waals surface area (Å²) < 4.78 is 0. The third-order valence-corrected chi connectivity index (χ3v) is 24.5. The normalized spacial score (nSPS) is 18.3. The fraction of sp³-hybridized carbons (Fsp3) is 0.568. The van der Waals surface area contributed by atoms with Gasteiger partial charge in [-0.2, -0.15) is 0 Å². The van der Waals surface area contributed by atoms with Crippen molar-refractivity contribution in [2.75, 3.05) is 39.3 Å². The molecule has 2 atom stereocenters. The number of unbranched alkanes of at least 4 members (excludes halogenated alkanes) is 7. The summed E-state index contributed by atoms with van der Waals surface area (Å²) in [5, 5.41) is 17.8. The lowest BCUT2D eigenvalue weighted by Gasteiger charge is -2.33. The number of amides is 6. The largest absolute Gasteiger partial charge is 0.356 e. The Morgan fingerprint density at radius 2 is 0.592 bits per heavy atom. The highest BCUT2D eigenvalue weighted by Gasteiger charge is 2.31. The predicted molar refractivity (Wildman–Crippen MR) is 529 cm³/mol. The summed E-state index contributed by atoms with van der Waals surface area (Å²) in [5.74, 6) is -1.55. The SMILES string of the molecule is CC(=O)NCCCCCNC(=O)C(CCCCNC(=O)/C=C(C)/C=C/C=C(C)/C=C/C1=C(C)CCCC1(C)C)CC(=O)/C=C(C)/C=C/C=C(C)/C=C/C1=C(C)CCCC1(C)C.CCCCC(=O)NCCCCCNC(=O)C(CCCCNC(=O)/C=C(C)/C=C/C=C(C)/C=C/C1=C(C)CCCC1(C)C)CC(=O)/C=C(C)/C=C/C=C(C)/C=C/C1=C(C)CCCC1(C)C. The van der Waals surface area contributed by atoms with Gasteiger partial charge < -0.3 is 31.9 Å². The van der Waals surface area contributed by atoms with Crippen LogP contribution in [0, 0.1) is 33.5 Å². The van der Waals surface area contributed by atoms with E-state index < -0.39 is 11.8 Å². The quantitative estimate of drug-likeness (QED) is 0.0196. The Labute approximate surface area is 759 Å². The molecule has 6 N–H and O–H groups in total. The Bertz CT molecular complexity index is 4220. The maximum atomic E-state index is 13.4. The number of hydrogen-bond donors (Lipinski definition) is 6. The molecule has 125 heavy (non-hydrogen) atoms. The second-order valence-corrected chi connectivity index (χ2v) is 38.6. The van der Waals surface area contributed by atoms with Gasteiger partial charge in [-0.15, -0.1) is 0 Å². The molecule has 690 valence electrons. The average Bonchev–Trinajstić information content (AvgIpc) is 0.835. The van der Waals surface area contributed by atoms with Gasteiger partial charge in [0, 0.05) is 89.4 Å². The van der Waals surface area contributed by atoms with E-state index in [2.05, 4.69) is 223 Å². The molecule has 0 aromatic carbocycles. The molecule has 0 aromatic heterocycles. The Balaban J connectivity index is 0.000000646. The van der Waals surface area contributed by atoms with Crippen molar-refractivity contribution >= 4 is 47.0 Å². The first-order valence-electron chi connectivity index (χ1n) is 47.5. The molecule has 0 heterocycles. The number of rotatable bonds is 51. The van der Waals surface area contributed by atoms with Crippen LogP contribution in [0.15, 0.2) is 235 Å². The van der Waals surface area contributed by atoms with Gasteiger partial charge in [0.2, 0.25) is 35.4 Å². The fourth-order valence-electron chi connectivity index (χ4n) is 16.9. The molecule has 6 amide bonds. The first kappa shape index (κ1) is 110. The number of carbonyl (C=O) groups is 8. The van der Waals surface area contributed by atoms with E-state index in [1.807, 2.05) is 76.3 Å². The van der Waals surface area contributed by atoms with Gasteiger partial charge >= 0.3 is 0 Å². The maximum Gasteiger partial charge on any atom is 0.244 e. The molecular weight excluding hydrogens is 1550 g/mol. The third-order valence-electron chi connectivity index (χ3n) is 24.5. The zero-order valence-electron chi connectivity index (χ0n) is 82.0. The minimum absolute atomic E-state index is 0.0424. The molecule has 14 nitrogen and oxygen atoms in total. The third kappa shape index (κ3) is 47.9. The van der Waals surface area contributed by atoms with Crippen LogP contribution in [0.25, 0.3) is 0 Å². The van der Waals surface area contributed by atoms with Crippen LogP contribution >= 0.6 is 0 Å². The monoisotopic (exact) mass is 1710 g/mol. The summed E-state index contributed by atoms with van der Waals surface area (Å²) in [4.78, 5) is 102. The highest BCUT2D eigenvalue weighted by Crippen LogP contribution is 2.44. The standard InChI is InChI=1S/C57H87N3O4.C54H81N3O4/c1-12-13-30-53(62)58-37-16-14-17-39-60-55(64)49(42-50(61)40-45(4)25-19-23-43(2)31-33-51-47(6)27-21-35-56(51,8)9)29-15-18-38-59-54(63)41-46(5)26-20-24-44(3)32-34-52-48(7)28-22-36-57(52,10)11;1-40(28-30-49-44(5)25-19-32-53(49,8)9)21-17-23-42(3)37-48(59)39-47(52(61)57-36-15-12-14-34-55-46(7)58)27-13-16-35-56-51(60)38-43(4)24-18-22-41(2)29-31-50-45(6)26-20-33-54(50,10)11/h19-20,23-26,31-34,40-41,49H,12-18,21-22,27-30,35-39,42H2,1-11H3,(H,58,62)(H,59,63)(H,60,64);17-18,21-24,28-31,37-38,47H,12-16,19-20,25-27,32-36,39H2,1-11H3,(H,55,58)(H,56,60)(H,57,61)/b25-19+,26-20+,33-31+,34-32+,43-23+,44-24+,45-40+,46-41+;23-17+,24-18+,30-28+,31-29+,40-21+,41-22+,42-37+,43-38+. The second-order valence-electron chi connectivity index (χ2n) is 38.6. The summed E-state index contributed by atoms with van der Waals surface area (Å²) >= 11 is 0.